The molecular formula is C19H24FNO3Si. The third-order valence-corrected chi connectivity index (χ3v) is 9.31. The zero-order chi connectivity index (χ0) is 18.8. The molecule has 0 aliphatic carbocycles. The first-order chi connectivity index (χ1) is 11.5. The van der Waals surface area contributed by atoms with Crippen molar-refractivity contribution in [2.45, 2.75) is 45.5 Å². The molecule has 0 aliphatic heterocycles. The van der Waals surface area contributed by atoms with E-state index in [0.29, 0.717) is 12.2 Å². The van der Waals surface area contributed by atoms with Crippen molar-refractivity contribution < 1.29 is 13.7 Å². The monoisotopic (exact) mass is 361 g/mol. The van der Waals surface area contributed by atoms with Crippen LogP contribution >= 0.6 is 0 Å². The maximum absolute atomic E-state index is 14.0. The van der Waals surface area contributed by atoms with E-state index in [4.69, 9.17) is 4.43 Å². The summed E-state index contributed by atoms with van der Waals surface area (Å²) in [7, 11) is -1.83. The third kappa shape index (κ3) is 4.52. The lowest BCUT2D eigenvalue weighted by Gasteiger charge is -2.36. The van der Waals surface area contributed by atoms with E-state index in [0.717, 1.165) is 11.6 Å². The van der Waals surface area contributed by atoms with E-state index >= 15 is 0 Å². The van der Waals surface area contributed by atoms with Crippen LogP contribution in [0.2, 0.25) is 18.1 Å². The predicted octanol–water partition coefficient (Wildman–Crippen LogP) is 5.92. The number of non-ortho nitro benzene ring substituents is 1. The molecule has 0 unspecified atom stereocenters. The number of nitrogens with zero attached hydrogens (tertiary/aromatic N) is 1. The first-order valence-electron chi connectivity index (χ1n) is 8.18. The number of hydrogen-bond acceptors (Lipinski definition) is 3. The maximum atomic E-state index is 14.0. The predicted molar refractivity (Wildman–Crippen MR) is 100 cm³/mol. The molecule has 0 saturated carbocycles. The second-order valence-electron chi connectivity index (χ2n) is 7.67. The van der Waals surface area contributed by atoms with Crippen molar-refractivity contribution >= 4 is 14.0 Å². The zero-order valence-corrected chi connectivity index (χ0v) is 16.3. The van der Waals surface area contributed by atoms with Crippen LogP contribution in [0.25, 0.3) is 11.1 Å². The molecule has 0 saturated heterocycles. The lowest BCUT2D eigenvalue weighted by molar-refractivity contribution is -0.384. The Kier molecular flexibility index (Phi) is 5.44. The normalized spacial score (nSPS) is 12.2. The van der Waals surface area contributed by atoms with Crippen LogP contribution in [0.1, 0.15) is 26.3 Å². The van der Waals surface area contributed by atoms with Gasteiger partial charge in [0.05, 0.1) is 11.5 Å². The highest BCUT2D eigenvalue weighted by Gasteiger charge is 2.36. The van der Waals surface area contributed by atoms with Gasteiger partial charge in [-0.3, -0.25) is 10.1 Å². The molecule has 0 bridgehead atoms. The minimum atomic E-state index is -1.83. The first-order valence-corrected chi connectivity index (χ1v) is 11.1. The second-order valence-corrected chi connectivity index (χ2v) is 12.5. The number of rotatable bonds is 5. The molecule has 2 rings (SSSR count). The quantitative estimate of drug-likeness (QED) is 0.377. The second kappa shape index (κ2) is 7.05. The molecule has 0 aromatic heterocycles. The Morgan fingerprint density at radius 2 is 1.72 bits per heavy atom. The Morgan fingerprint density at radius 1 is 1.12 bits per heavy atom. The molecule has 25 heavy (non-hydrogen) atoms. The fourth-order valence-corrected chi connectivity index (χ4v) is 3.07. The average Bonchev–Trinajstić information content (AvgIpc) is 2.53. The third-order valence-electron chi connectivity index (χ3n) is 4.83. The van der Waals surface area contributed by atoms with Gasteiger partial charge in [0.1, 0.15) is 5.82 Å². The molecule has 2 aromatic carbocycles. The highest BCUT2D eigenvalue weighted by atomic mass is 28.4. The van der Waals surface area contributed by atoms with E-state index in [9.17, 15) is 14.5 Å². The molecule has 0 aliphatic rings. The van der Waals surface area contributed by atoms with Gasteiger partial charge in [0, 0.05) is 17.7 Å². The Balaban J connectivity index is 2.18. The summed E-state index contributed by atoms with van der Waals surface area (Å²) in [5, 5.41) is 11.0. The van der Waals surface area contributed by atoms with E-state index in [1.807, 2.05) is 12.1 Å². The minimum Gasteiger partial charge on any atom is -0.413 e. The summed E-state index contributed by atoms with van der Waals surface area (Å²) in [6, 6.07) is 10.8. The number of nitro groups is 1. The molecule has 0 N–H and O–H groups in total. The summed E-state index contributed by atoms with van der Waals surface area (Å²) in [6.07, 6.45) is 0. The fraction of sp³-hybridized carbons (Fsp3) is 0.368. The van der Waals surface area contributed by atoms with Crippen LogP contribution in [0.3, 0.4) is 0 Å². The van der Waals surface area contributed by atoms with Crippen LogP contribution in [-0.4, -0.2) is 13.2 Å². The summed E-state index contributed by atoms with van der Waals surface area (Å²) in [4.78, 5) is 10.4. The summed E-state index contributed by atoms with van der Waals surface area (Å²) < 4.78 is 20.2. The van der Waals surface area contributed by atoms with Crippen LogP contribution in [-0.2, 0) is 11.0 Å². The highest BCUT2D eigenvalue weighted by molar-refractivity contribution is 6.74. The lowest BCUT2D eigenvalue weighted by atomic mass is 10.0. The van der Waals surface area contributed by atoms with Crippen molar-refractivity contribution in [1.29, 1.82) is 0 Å². The number of nitro benzene ring substituents is 1. The van der Waals surface area contributed by atoms with Gasteiger partial charge in [0.2, 0.25) is 0 Å². The molecule has 0 fully saturated rings. The molecule has 0 amide bonds. The van der Waals surface area contributed by atoms with E-state index in [-0.39, 0.29) is 16.3 Å². The van der Waals surface area contributed by atoms with E-state index < -0.39 is 19.1 Å². The maximum Gasteiger partial charge on any atom is 0.270 e. The van der Waals surface area contributed by atoms with Gasteiger partial charge >= 0.3 is 0 Å². The number of halogens is 1. The standard InChI is InChI=1S/C19H24FNO3Si/c1-19(2,3)25(4,5)24-13-14-6-8-15(9-7-14)17-12-16(21(22)23)10-11-18(17)20/h6-12H,13H2,1-5H3. The lowest BCUT2D eigenvalue weighted by Crippen LogP contribution is -2.40. The van der Waals surface area contributed by atoms with Crippen LogP contribution in [0, 0.1) is 15.9 Å². The van der Waals surface area contributed by atoms with Crippen LogP contribution < -0.4 is 0 Å². The van der Waals surface area contributed by atoms with Gasteiger partial charge in [0.25, 0.3) is 5.69 Å². The van der Waals surface area contributed by atoms with Crippen molar-refractivity contribution in [2.24, 2.45) is 0 Å². The van der Waals surface area contributed by atoms with Crippen molar-refractivity contribution in [1.82, 2.24) is 0 Å². The van der Waals surface area contributed by atoms with E-state index in [1.54, 1.807) is 12.1 Å². The van der Waals surface area contributed by atoms with Crippen LogP contribution in [0.4, 0.5) is 10.1 Å². The van der Waals surface area contributed by atoms with Gasteiger partial charge in [-0.05, 0) is 35.3 Å². The summed E-state index contributed by atoms with van der Waals surface area (Å²) in [5.74, 6) is -0.476. The SMILES string of the molecule is CC(C)(C)[Si](C)(C)OCc1ccc(-c2cc([N+](=O)[O-])ccc2F)cc1. The Labute approximate surface area is 148 Å². The van der Waals surface area contributed by atoms with Gasteiger partial charge in [0.15, 0.2) is 8.32 Å². The number of hydrogen-bond donors (Lipinski definition) is 0. The Morgan fingerprint density at radius 3 is 2.24 bits per heavy atom. The molecule has 0 heterocycles. The topological polar surface area (TPSA) is 52.4 Å². The zero-order valence-electron chi connectivity index (χ0n) is 15.3. The summed E-state index contributed by atoms with van der Waals surface area (Å²) in [6.45, 7) is 11.5. The average molecular weight is 361 g/mol. The molecule has 0 radical (unpaired) electrons. The summed E-state index contributed by atoms with van der Waals surface area (Å²) in [5.41, 5.74) is 1.71. The molecule has 0 atom stereocenters. The van der Waals surface area contributed by atoms with Gasteiger partial charge < -0.3 is 4.43 Å². The molecule has 6 heteroatoms. The summed E-state index contributed by atoms with van der Waals surface area (Å²) >= 11 is 0. The highest BCUT2D eigenvalue weighted by Crippen LogP contribution is 2.37. The van der Waals surface area contributed by atoms with Crippen molar-refractivity contribution in [3.8, 4) is 11.1 Å². The van der Waals surface area contributed by atoms with Gasteiger partial charge in [-0.2, -0.15) is 0 Å². The van der Waals surface area contributed by atoms with Gasteiger partial charge in [-0.15, -0.1) is 0 Å². The largest absolute Gasteiger partial charge is 0.413 e. The van der Waals surface area contributed by atoms with Gasteiger partial charge in [-0.1, -0.05) is 45.0 Å². The Bertz CT molecular complexity index is 767. The van der Waals surface area contributed by atoms with E-state index in [2.05, 4.69) is 33.9 Å². The van der Waals surface area contributed by atoms with Crippen molar-refractivity contribution in [2.75, 3.05) is 0 Å². The minimum absolute atomic E-state index is 0.123. The van der Waals surface area contributed by atoms with E-state index in [1.165, 1.54) is 12.1 Å². The molecular weight excluding hydrogens is 337 g/mol. The van der Waals surface area contributed by atoms with Crippen LogP contribution in [0.15, 0.2) is 42.5 Å². The molecule has 0 spiro atoms. The van der Waals surface area contributed by atoms with Crippen molar-refractivity contribution in [3.05, 3.63) is 64.0 Å². The first kappa shape index (κ1) is 19.3. The molecule has 2 aromatic rings. The number of benzene rings is 2. The Hall–Kier alpha value is -2.05. The van der Waals surface area contributed by atoms with Crippen molar-refractivity contribution in [3.63, 3.8) is 0 Å². The molecule has 4 nitrogen and oxygen atoms in total. The van der Waals surface area contributed by atoms with Gasteiger partial charge in [-0.25, -0.2) is 4.39 Å². The smallest absolute Gasteiger partial charge is 0.270 e. The molecule has 134 valence electrons. The van der Waals surface area contributed by atoms with Crippen LogP contribution in [0.5, 0.6) is 0 Å². The fourth-order valence-electron chi connectivity index (χ4n) is 2.11.